The smallest absolute Gasteiger partial charge is 0.346 e. The lowest BCUT2D eigenvalue weighted by molar-refractivity contribution is -0.0265. The molecule has 5 rings (SSSR count). The van der Waals surface area contributed by atoms with Crippen LogP contribution in [0.25, 0.3) is 0 Å². The van der Waals surface area contributed by atoms with Crippen molar-refractivity contribution >= 4 is 0 Å². The Balaban J connectivity index is 1.15. The summed E-state index contributed by atoms with van der Waals surface area (Å²) in [6.45, 7) is 5.84. The van der Waals surface area contributed by atoms with Crippen molar-refractivity contribution in [2.24, 2.45) is 0 Å². The van der Waals surface area contributed by atoms with E-state index in [2.05, 4.69) is 34.4 Å². The average Bonchev–Trinajstić information content (AvgIpc) is 3.19. The molecule has 3 atom stereocenters. The minimum absolute atomic E-state index is 0.105. The van der Waals surface area contributed by atoms with Gasteiger partial charge in [0, 0.05) is 31.7 Å². The van der Waals surface area contributed by atoms with E-state index >= 15 is 0 Å². The van der Waals surface area contributed by atoms with Crippen LogP contribution >= 0.6 is 0 Å². The first-order valence-electron chi connectivity index (χ1n) is 11.9. The molecule has 170 valence electrons. The Morgan fingerprint density at radius 3 is 2.84 bits per heavy atom. The van der Waals surface area contributed by atoms with Gasteiger partial charge in [0.25, 0.3) is 0 Å². The molecule has 2 saturated heterocycles. The zero-order chi connectivity index (χ0) is 21.4. The second-order valence-electron chi connectivity index (χ2n) is 9.60. The van der Waals surface area contributed by atoms with E-state index in [4.69, 9.17) is 4.74 Å². The number of allylic oxidation sites excluding steroid dienone is 2. The zero-order valence-electron chi connectivity index (χ0n) is 18.5. The highest BCUT2D eigenvalue weighted by atomic mass is 16.5. The van der Waals surface area contributed by atoms with E-state index < -0.39 is 6.10 Å². The Kier molecular flexibility index (Phi) is 6.14. The van der Waals surface area contributed by atoms with Gasteiger partial charge in [-0.1, -0.05) is 17.7 Å². The molecule has 0 amide bonds. The normalized spacial score (nSPS) is 29.4. The second-order valence-corrected chi connectivity index (χ2v) is 9.60. The maximum atomic E-state index is 12.5. The minimum atomic E-state index is -0.594. The van der Waals surface area contributed by atoms with Gasteiger partial charge in [0.15, 0.2) is 0 Å². The van der Waals surface area contributed by atoms with Gasteiger partial charge in [-0.25, -0.2) is 9.48 Å². The molecule has 3 aliphatic heterocycles. The molecule has 31 heavy (non-hydrogen) atoms. The number of aliphatic hydroxyl groups is 1. The van der Waals surface area contributed by atoms with Gasteiger partial charge in [0.05, 0.1) is 31.9 Å². The maximum Gasteiger partial charge on any atom is 0.346 e. The van der Waals surface area contributed by atoms with Crippen molar-refractivity contribution in [3.05, 3.63) is 39.6 Å². The number of rotatable bonds is 7. The summed E-state index contributed by atoms with van der Waals surface area (Å²) in [6.07, 6.45) is 10.9. The molecule has 4 aliphatic rings. The molecule has 0 aromatic carbocycles. The Morgan fingerprint density at radius 2 is 2.10 bits per heavy atom. The van der Waals surface area contributed by atoms with Crippen LogP contribution in [0.1, 0.15) is 51.3 Å². The molecule has 1 aromatic heterocycles. The number of nitrogens with zero attached hydrogens (tertiary/aromatic N) is 4. The van der Waals surface area contributed by atoms with Gasteiger partial charge in [0.2, 0.25) is 0 Å². The lowest BCUT2D eigenvalue weighted by Gasteiger charge is -2.39. The molecule has 2 fully saturated rings. The maximum absolute atomic E-state index is 12.5. The van der Waals surface area contributed by atoms with Crippen LogP contribution in [0, 0.1) is 0 Å². The van der Waals surface area contributed by atoms with Gasteiger partial charge in [-0.3, -0.25) is 9.47 Å². The van der Waals surface area contributed by atoms with E-state index in [1.807, 2.05) is 0 Å². The number of aromatic nitrogens is 3. The van der Waals surface area contributed by atoms with Gasteiger partial charge in [-0.15, -0.1) is 0 Å². The minimum Gasteiger partial charge on any atom is -0.390 e. The van der Waals surface area contributed by atoms with Crippen molar-refractivity contribution in [1.82, 2.24) is 24.6 Å². The summed E-state index contributed by atoms with van der Waals surface area (Å²) in [5.41, 5.74) is 2.70. The van der Waals surface area contributed by atoms with E-state index in [9.17, 15) is 9.90 Å². The molecule has 2 N–H and O–H groups in total. The van der Waals surface area contributed by atoms with Crippen LogP contribution in [0.2, 0.25) is 0 Å². The molecule has 1 aromatic rings. The highest BCUT2D eigenvalue weighted by molar-refractivity contribution is 5.28. The molecule has 2 bridgehead atoms. The van der Waals surface area contributed by atoms with Crippen molar-refractivity contribution < 1.29 is 9.84 Å². The molecular formula is C23H35N5O3. The topological polar surface area (TPSA) is 84.6 Å². The first-order chi connectivity index (χ1) is 15.1. The Labute approximate surface area is 183 Å². The highest BCUT2D eigenvalue weighted by Gasteiger charge is 2.41. The Bertz CT molecular complexity index is 903. The van der Waals surface area contributed by atoms with E-state index in [1.165, 1.54) is 28.7 Å². The van der Waals surface area contributed by atoms with E-state index in [0.717, 1.165) is 44.7 Å². The third-order valence-corrected chi connectivity index (χ3v) is 7.47. The molecule has 0 spiro atoms. The predicted molar refractivity (Wildman–Crippen MR) is 118 cm³/mol. The molecule has 8 heteroatoms. The van der Waals surface area contributed by atoms with Gasteiger partial charge < -0.3 is 15.2 Å². The summed E-state index contributed by atoms with van der Waals surface area (Å²) < 4.78 is 9.48. The van der Waals surface area contributed by atoms with Crippen molar-refractivity contribution in [2.45, 2.75) is 89.4 Å². The van der Waals surface area contributed by atoms with Crippen molar-refractivity contribution in [3.63, 3.8) is 0 Å². The molecule has 1 aliphatic carbocycles. The number of piperidine rings is 1. The number of fused-ring (bicyclic) bond motifs is 3. The van der Waals surface area contributed by atoms with Gasteiger partial charge in [-0.05, 0) is 51.0 Å². The summed E-state index contributed by atoms with van der Waals surface area (Å²) in [7, 11) is 0. The number of aliphatic hydroxyl groups excluding tert-OH is 1. The van der Waals surface area contributed by atoms with Crippen LogP contribution in [0.15, 0.2) is 28.1 Å². The fourth-order valence-corrected chi connectivity index (χ4v) is 5.72. The zero-order valence-corrected chi connectivity index (χ0v) is 18.5. The van der Waals surface area contributed by atoms with Crippen LogP contribution in [-0.4, -0.2) is 68.3 Å². The number of hydrogen-bond donors (Lipinski definition) is 2. The molecule has 8 nitrogen and oxygen atoms in total. The van der Waals surface area contributed by atoms with Crippen LogP contribution in [0.4, 0.5) is 0 Å². The summed E-state index contributed by atoms with van der Waals surface area (Å²) in [6, 6.07) is 0.929. The lowest BCUT2D eigenvalue weighted by atomic mass is 9.98. The van der Waals surface area contributed by atoms with Crippen LogP contribution in [0.3, 0.4) is 0 Å². The second kappa shape index (κ2) is 9.02. The van der Waals surface area contributed by atoms with E-state index in [0.29, 0.717) is 37.8 Å². The molecule has 4 heterocycles. The Hall–Kier alpha value is -1.74. The quantitative estimate of drug-likeness (QED) is 0.677. The third kappa shape index (κ3) is 4.44. The lowest BCUT2D eigenvalue weighted by Crippen LogP contribution is -2.49. The Morgan fingerprint density at radius 1 is 1.29 bits per heavy atom. The van der Waals surface area contributed by atoms with Crippen LogP contribution in [0.5, 0.6) is 0 Å². The number of nitrogens with one attached hydrogen (secondary N) is 1. The van der Waals surface area contributed by atoms with Gasteiger partial charge >= 0.3 is 5.69 Å². The first kappa shape index (κ1) is 21.1. The fraction of sp³-hybridized carbons (Fsp3) is 0.739. The largest absolute Gasteiger partial charge is 0.390 e. The molecular weight excluding hydrogens is 394 g/mol. The van der Waals surface area contributed by atoms with E-state index in [1.54, 1.807) is 4.57 Å². The van der Waals surface area contributed by atoms with Crippen LogP contribution < -0.4 is 11.0 Å². The van der Waals surface area contributed by atoms with Crippen molar-refractivity contribution in [3.8, 4) is 0 Å². The number of ether oxygens (including phenoxy) is 1. The summed E-state index contributed by atoms with van der Waals surface area (Å²) in [5, 5.41) is 18.4. The fourth-order valence-electron chi connectivity index (χ4n) is 5.72. The average molecular weight is 430 g/mol. The van der Waals surface area contributed by atoms with Gasteiger partial charge in [-0.2, -0.15) is 5.10 Å². The molecule has 0 radical (unpaired) electrons. The standard InChI is InChI=1S/C23H35N5O3/c1-16-4-2-3-5-17(16)15-31-21-10-18-6-7-19(11-21)27(18)13-20(29)14-28-23(30)26-9-8-24-12-22(26)25-28/h3,5,18-21,24,29H,2,4,6-15H2,1H3. The van der Waals surface area contributed by atoms with Crippen molar-refractivity contribution in [1.29, 1.82) is 0 Å². The van der Waals surface area contributed by atoms with Crippen LogP contribution in [-0.2, 0) is 24.4 Å². The molecule has 0 saturated carbocycles. The molecule has 3 unspecified atom stereocenters. The number of hydrogen-bond acceptors (Lipinski definition) is 6. The third-order valence-electron chi connectivity index (χ3n) is 7.47. The van der Waals surface area contributed by atoms with Crippen molar-refractivity contribution in [2.75, 3.05) is 19.7 Å². The first-order valence-corrected chi connectivity index (χ1v) is 11.9. The monoisotopic (exact) mass is 429 g/mol. The summed E-state index contributed by atoms with van der Waals surface area (Å²) >= 11 is 0. The summed E-state index contributed by atoms with van der Waals surface area (Å²) in [4.78, 5) is 15.0. The SMILES string of the molecule is CC1=C(COC2CC3CCC(C2)N3CC(O)Cn2nc3n(c2=O)CCNC3)C=CCC1. The summed E-state index contributed by atoms with van der Waals surface area (Å²) in [5.74, 6) is 0.764. The predicted octanol–water partition coefficient (Wildman–Crippen LogP) is 1.19. The highest BCUT2D eigenvalue weighted by Crippen LogP contribution is 2.37. The van der Waals surface area contributed by atoms with E-state index in [-0.39, 0.29) is 12.2 Å². The van der Waals surface area contributed by atoms with Gasteiger partial charge in [0.1, 0.15) is 5.82 Å².